The fourth-order valence-electron chi connectivity index (χ4n) is 1.56. The second-order valence-corrected chi connectivity index (χ2v) is 5.27. The van der Waals surface area contributed by atoms with E-state index in [1.807, 2.05) is 13.0 Å². The lowest BCUT2D eigenvalue weighted by molar-refractivity contribution is -0.385. The normalized spacial score (nSPS) is 14.3. The van der Waals surface area contributed by atoms with Crippen molar-refractivity contribution in [3.05, 3.63) is 39.9 Å². The molecule has 4 nitrogen and oxygen atoms in total. The lowest BCUT2D eigenvalue weighted by atomic mass is 10.1. The lowest BCUT2D eigenvalue weighted by Crippen LogP contribution is -2.26. The van der Waals surface area contributed by atoms with Gasteiger partial charge in [-0.15, -0.1) is 0 Å². The average Bonchev–Trinajstić information content (AvgIpc) is 2.35. The highest BCUT2D eigenvalue weighted by molar-refractivity contribution is 7.99. The Kier molecular flexibility index (Phi) is 5.44. The van der Waals surface area contributed by atoms with Crippen molar-refractivity contribution in [1.82, 2.24) is 5.32 Å². The topological polar surface area (TPSA) is 55.2 Å². The van der Waals surface area contributed by atoms with Gasteiger partial charge in [-0.25, -0.2) is 0 Å². The first-order chi connectivity index (χ1) is 8.06. The molecule has 0 saturated carbocycles. The molecule has 1 N–H and O–H groups in total. The molecule has 0 aliphatic heterocycles. The number of rotatable bonds is 6. The van der Waals surface area contributed by atoms with Crippen LogP contribution in [0.25, 0.3) is 0 Å². The molecule has 0 spiro atoms. The van der Waals surface area contributed by atoms with Gasteiger partial charge in [-0.2, -0.15) is 11.8 Å². The summed E-state index contributed by atoms with van der Waals surface area (Å²) in [4.78, 5) is 10.6. The van der Waals surface area contributed by atoms with Crippen molar-refractivity contribution < 1.29 is 4.92 Å². The van der Waals surface area contributed by atoms with Gasteiger partial charge in [0.2, 0.25) is 0 Å². The van der Waals surface area contributed by atoms with E-state index in [0.717, 1.165) is 12.1 Å². The summed E-state index contributed by atoms with van der Waals surface area (Å²) >= 11 is 1.78. The van der Waals surface area contributed by atoms with E-state index in [2.05, 4.69) is 18.5 Å². The third kappa shape index (κ3) is 4.02. The molecule has 1 aromatic rings. The van der Waals surface area contributed by atoms with Gasteiger partial charge in [-0.05, 0) is 13.2 Å². The molecule has 0 amide bonds. The van der Waals surface area contributed by atoms with Crippen molar-refractivity contribution in [3.63, 3.8) is 0 Å². The molecular weight excluding hydrogens is 236 g/mol. The number of nitro groups is 1. The van der Waals surface area contributed by atoms with Gasteiger partial charge in [0.05, 0.1) is 4.92 Å². The smallest absolute Gasteiger partial charge is 0.274 e. The Balaban J connectivity index is 2.74. The Morgan fingerprint density at radius 3 is 2.65 bits per heavy atom. The van der Waals surface area contributed by atoms with Gasteiger partial charge in [0.1, 0.15) is 0 Å². The van der Waals surface area contributed by atoms with E-state index in [1.165, 1.54) is 0 Å². The Hall–Kier alpha value is -1.07. The van der Waals surface area contributed by atoms with Crippen LogP contribution in [0.2, 0.25) is 0 Å². The first-order valence-corrected chi connectivity index (χ1v) is 6.84. The Morgan fingerprint density at radius 1 is 1.41 bits per heavy atom. The number of hydrogen-bond donors (Lipinski definition) is 1. The molecule has 0 aliphatic rings. The van der Waals surface area contributed by atoms with Crippen LogP contribution in [0, 0.1) is 10.1 Å². The summed E-state index contributed by atoms with van der Waals surface area (Å²) in [5.74, 6) is 0. The summed E-state index contributed by atoms with van der Waals surface area (Å²) in [6, 6.07) is 6.87. The highest BCUT2D eigenvalue weighted by atomic mass is 32.2. The number of nitrogens with zero attached hydrogens (tertiary/aromatic N) is 1. The van der Waals surface area contributed by atoms with E-state index in [1.54, 1.807) is 30.0 Å². The molecule has 0 fully saturated rings. The summed E-state index contributed by atoms with van der Waals surface area (Å²) < 4.78 is 0. The summed E-state index contributed by atoms with van der Waals surface area (Å²) in [7, 11) is 0. The maximum Gasteiger partial charge on any atom is 0.274 e. The second kappa shape index (κ2) is 6.61. The van der Waals surface area contributed by atoms with E-state index in [0.29, 0.717) is 5.25 Å². The molecule has 5 heteroatoms. The monoisotopic (exact) mass is 254 g/mol. The van der Waals surface area contributed by atoms with Crippen molar-refractivity contribution in [3.8, 4) is 0 Å². The zero-order chi connectivity index (χ0) is 12.8. The van der Waals surface area contributed by atoms with Gasteiger partial charge < -0.3 is 5.32 Å². The van der Waals surface area contributed by atoms with Gasteiger partial charge in [0.15, 0.2) is 0 Å². The molecule has 0 bridgehead atoms. The fourth-order valence-corrected chi connectivity index (χ4v) is 1.82. The zero-order valence-corrected chi connectivity index (χ0v) is 11.2. The second-order valence-electron chi connectivity index (χ2n) is 3.99. The van der Waals surface area contributed by atoms with Crippen molar-refractivity contribution in [1.29, 1.82) is 0 Å². The highest BCUT2D eigenvalue weighted by Crippen LogP contribution is 2.24. The van der Waals surface area contributed by atoms with E-state index >= 15 is 0 Å². The number of para-hydroxylation sites is 1. The number of nitro benzene ring substituents is 1. The van der Waals surface area contributed by atoms with Crippen LogP contribution < -0.4 is 5.32 Å². The minimum atomic E-state index is -0.328. The summed E-state index contributed by atoms with van der Waals surface area (Å²) in [5, 5.41) is 14.7. The van der Waals surface area contributed by atoms with Gasteiger partial charge in [0.25, 0.3) is 5.69 Å². The van der Waals surface area contributed by atoms with E-state index < -0.39 is 0 Å². The Morgan fingerprint density at radius 2 is 2.06 bits per heavy atom. The van der Waals surface area contributed by atoms with Crippen molar-refractivity contribution in [2.75, 3.05) is 12.8 Å². The standard InChI is InChI=1S/C12H18N2O2S/c1-9(17-3)8-13-10(2)11-6-4-5-7-12(11)14(15)16/h4-7,9-10,13H,8H2,1-3H3. The van der Waals surface area contributed by atoms with Crippen molar-refractivity contribution >= 4 is 17.4 Å². The number of nitrogens with one attached hydrogen (secondary N) is 1. The minimum Gasteiger partial charge on any atom is -0.309 e. The van der Waals surface area contributed by atoms with Crippen LogP contribution in [0.5, 0.6) is 0 Å². The average molecular weight is 254 g/mol. The number of benzene rings is 1. The first kappa shape index (κ1) is 14.0. The SMILES string of the molecule is CSC(C)CNC(C)c1ccccc1[N+](=O)[O-]. The largest absolute Gasteiger partial charge is 0.309 e. The molecule has 0 radical (unpaired) electrons. The van der Waals surface area contributed by atoms with Gasteiger partial charge in [-0.1, -0.05) is 25.1 Å². The minimum absolute atomic E-state index is 0.00815. The lowest BCUT2D eigenvalue weighted by Gasteiger charge is -2.16. The molecule has 94 valence electrons. The predicted octanol–water partition coefficient (Wildman–Crippen LogP) is 3.00. The Bertz CT molecular complexity index is 385. The molecule has 2 unspecified atom stereocenters. The van der Waals surface area contributed by atoms with Crippen LogP contribution in [0.3, 0.4) is 0 Å². The molecule has 0 aromatic heterocycles. The molecule has 1 aromatic carbocycles. The van der Waals surface area contributed by atoms with E-state index in [-0.39, 0.29) is 16.7 Å². The molecule has 0 saturated heterocycles. The summed E-state index contributed by atoms with van der Waals surface area (Å²) in [6.45, 7) is 4.92. The van der Waals surface area contributed by atoms with Crippen LogP contribution in [-0.2, 0) is 0 Å². The number of thioether (sulfide) groups is 1. The van der Waals surface area contributed by atoms with Crippen LogP contribution in [0.15, 0.2) is 24.3 Å². The van der Waals surface area contributed by atoms with Crippen molar-refractivity contribution in [2.24, 2.45) is 0 Å². The predicted molar refractivity (Wildman–Crippen MR) is 72.5 cm³/mol. The highest BCUT2D eigenvalue weighted by Gasteiger charge is 2.17. The van der Waals surface area contributed by atoms with Crippen LogP contribution >= 0.6 is 11.8 Å². The van der Waals surface area contributed by atoms with Gasteiger partial charge >= 0.3 is 0 Å². The maximum absolute atomic E-state index is 10.9. The van der Waals surface area contributed by atoms with Crippen LogP contribution in [0.4, 0.5) is 5.69 Å². The quantitative estimate of drug-likeness (QED) is 0.626. The third-order valence-electron chi connectivity index (χ3n) is 2.71. The molecule has 17 heavy (non-hydrogen) atoms. The number of hydrogen-bond acceptors (Lipinski definition) is 4. The molecule has 1 rings (SSSR count). The van der Waals surface area contributed by atoms with Gasteiger partial charge in [0, 0.05) is 29.5 Å². The molecular formula is C12H18N2O2S. The fraction of sp³-hybridized carbons (Fsp3) is 0.500. The molecule has 2 atom stereocenters. The van der Waals surface area contributed by atoms with E-state index in [9.17, 15) is 10.1 Å². The first-order valence-electron chi connectivity index (χ1n) is 5.55. The third-order valence-corrected chi connectivity index (χ3v) is 3.69. The van der Waals surface area contributed by atoms with Crippen molar-refractivity contribution in [2.45, 2.75) is 25.1 Å². The van der Waals surface area contributed by atoms with Gasteiger partial charge in [-0.3, -0.25) is 10.1 Å². The van der Waals surface area contributed by atoms with E-state index in [4.69, 9.17) is 0 Å². The van der Waals surface area contributed by atoms with Crippen LogP contribution in [-0.4, -0.2) is 23.0 Å². The van der Waals surface area contributed by atoms with Crippen LogP contribution in [0.1, 0.15) is 25.5 Å². The summed E-state index contributed by atoms with van der Waals surface area (Å²) in [5.41, 5.74) is 0.926. The molecule has 0 heterocycles. The zero-order valence-electron chi connectivity index (χ0n) is 10.3. The maximum atomic E-state index is 10.9. The summed E-state index contributed by atoms with van der Waals surface area (Å²) in [6.07, 6.45) is 2.06. The Labute approximate surface area is 106 Å². The molecule has 0 aliphatic carbocycles.